The summed E-state index contributed by atoms with van der Waals surface area (Å²) in [5.74, 6) is 0. The van der Waals surface area contributed by atoms with Gasteiger partial charge in [-0.05, 0) is 41.9 Å². The molecule has 1 aromatic heterocycles. The quantitative estimate of drug-likeness (QED) is 0.804. The number of hydrogen-bond acceptors (Lipinski definition) is 3. The molecule has 1 rings (SSSR count). The van der Waals surface area contributed by atoms with Gasteiger partial charge in [-0.25, -0.2) is 0 Å². The zero-order chi connectivity index (χ0) is 12.0. The van der Waals surface area contributed by atoms with Crippen LogP contribution in [0.3, 0.4) is 0 Å². The summed E-state index contributed by atoms with van der Waals surface area (Å²) in [6.45, 7) is 6.94. The Morgan fingerprint density at radius 1 is 1.44 bits per heavy atom. The van der Waals surface area contributed by atoms with E-state index in [1.165, 1.54) is 0 Å². The molecule has 3 nitrogen and oxygen atoms in total. The number of nitrogens with zero attached hydrogens (tertiary/aromatic N) is 2. The van der Waals surface area contributed by atoms with Gasteiger partial charge in [-0.15, -0.1) is 0 Å². The fourth-order valence-corrected chi connectivity index (χ4v) is 1.67. The van der Waals surface area contributed by atoms with Crippen LogP contribution in [0.5, 0.6) is 0 Å². The van der Waals surface area contributed by atoms with Crippen molar-refractivity contribution in [2.45, 2.75) is 26.4 Å². The van der Waals surface area contributed by atoms with Crippen LogP contribution in [0.1, 0.15) is 19.5 Å². The maximum Gasteiger partial charge on any atom is 0.0589 e. The molecule has 0 saturated carbocycles. The molecule has 4 heteroatoms. The molecule has 0 aliphatic heterocycles. The summed E-state index contributed by atoms with van der Waals surface area (Å²) in [5, 5.41) is 0. The summed E-state index contributed by atoms with van der Waals surface area (Å²) >= 11 is 3.39. The predicted octanol–water partition coefficient (Wildman–Crippen LogP) is 2.70. The molecule has 0 aliphatic carbocycles. The lowest BCUT2D eigenvalue weighted by atomic mass is 10.2. The van der Waals surface area contributed by atoms with Crippen LogP contribution in [-0.2, 0) is 11.3 Å². The summed E-state index contributed by atoms with van der Waals surface area (Å²) < 4.78 is 6.13. The van der Waals surface area contributed by atoms with Crippen molar-refractivity contribution in [3.05, 3.63) is 28.5 Å². The van der Waals surface area contributed by atoms with E-state index in [1.807, 2.05) is 18.3 Å². The Balaban J connectivity index is 2.57. The second-order valence-corrected chi connectivity index (χ2v) is 4.94. The highest BCUT2D eigenvalue weighted by atomic mass is 79.9. The van der Waals surface area contributed by atoms with Crippen LogP contribution in [0.4, 0.5) is 0 Å². The molecule has 1 heterocycles. The maximum absolute atomic E-state index is 5.11. The van der Waals surface area contributed by atoms with E-state index in [1.54, 1.807) is 7.11 Å². The normalized spacial score (nSPS) is 11.4. The van der Waals surface area contributed by atoms with E-state index >= 15 is 0 Å². The minimum absolute atomic E-state index is 0.501. The minimum Gasteiger partial charge on any atom is -0.383 e. The van der Waals surface area contributed by atoms with Crippen molar-refractivity contribution in [3.8, 4) is 0 Å². The number of ether oxygens (including phenoxy) is 1. The first-order valence-electron chi connectivity index (χ1n) is 5.47. The molecule has 1 aromatic rings. The summed E-state index contributed by atoms with van der Waals surface area (Å²) in [6, 6.07) is 4.57. The van der Waals surface area contributed by atoms with Crippen LogP contribution in [0, 0.1) is 0 Å². The van der Waals surface area contributed by atoms with Crippen LogP contribution in [0.15, 0.2) is 22.8 Å². The third-order valence-electron chi connectivity index (χ3n) is 2.47. The Labute approximate surface area is 106 Å². The summed E-state index contributed by atoms with van der Waals surface area (Å²) in [6.07, 6.45) is 1.84. The number of halogens is 1. The average Bonchev–Trinajstić information content (AvgIpc) is 2.26. The van der Waals surface area contributed by atoms with Crippen molar-refractivity contribution in [2.75, 3.05) is 20.3 Å². The smallest absolute Gasteiger partial charge is 0.0589 e. The van der Waals surface area contributed by atoms with Crippen LogP contribution < -0.4 is 0 Å². The fraction of sp³-hybridized carbons (Fsp3) is 0.583. The number of aromatic nitrogens is 1. The first-order chi connectivity index (χ1) is 7.63. The van der Waals surface area contributed by atoms with Gasteiger partial charge in [0.15, 0.2) is 0 Å². The van der Waals surface area contributed by atoms with Crippen molar-refractivity contribution in [3.63, 3.8) is 0 Å². The molecular formula is C12H19BrN2O. The SMILES string of the molecule is COCCN(Cc1ccc(Br)cn1)C(C)C. The molecule has 0 atom stereocenters. The molecule has 0 bridgehead atoms. The second kappa shape index (κ2) is 6.99. The highest BCUT2D eigenvalue weighted by molar-refractivity contribution is 9.10. The van der Waals surface area contributed by atoms with Crippen LogP contribution in [0.2, 0.25) is 0 Å². The molecule has 90 valence electrons. The number of rotatable bonds is 6. The van der Waals surface area contributed by atoms with Crippen molar-refractivity contribution >= 4 is 15.9 Å². The van der Waals surface area contributed by atoms with Crippen LogP contribution in [0.25, 0.3) is 0 Å². The van der Waals surface area contributed by atoms with Gasteiger partial charge in [0.2, 0.25) is 0 Å². The Morgan fingerprint density at radius 3 is 2.69 bits per heavy atom. The van der Waals surface area contributed by atoms with Gasteiger partial charge < -0.3 is 4.74 Å². The minimum atomic E-state index is 0.501. The van der Waals surface area contributed by atoms with E-state index in [-0.39, 0.29) is 0 Å². The fourth-order valence-electron chi connectivity index (χ4n) is 1.44. The van der Waals surface area contributed by atoms with E-state index in [0.717, 1.165) is 29.9 Å². The van der Waals surface area contributed by atoms with E-state index in [2.05, 4.69) is 39.7 Å². The van der Waals surface area contributed by atoms with E-state index in [0.29, 0.717) is 6.04 Å². The van der Waals surface area contributed by atoms with Gasteiger partial charge in [0, 0.05) is 36.9 Å². The van der Waals surface area contributed by atoms with Gasteiger partial charge in [-0.1, -0.05) is 0 Å². The Kier molecular flexibility index (Phi) is 5.95. The average molecular weight is 287 g/mol. The number of pyridine rings is 1. The van der Waals surface area contributed by atoms with Gasteiger partial charge in [0.05, 0.1) is 12.3 Å². The van der Waals surface area contributed by atoms with Crippen molar-refractivity contribution in [1.82, 2.24) is 9.88 Å². The Hall–Kier alpha value is -0.450. The van der Waals surface area contributed by atoms with Crippen molar-refractivity contribution < 1.29 is 4.74 Å². The standard InChI is InChI=1S/C12H19BrN2O/c1-10(2)15(6-7-16-3)9-12-5-4-11(13)8-14-12/h4-5,8,10H,6-7,9H2,1-3H3. The van der Waals surface area contributed by atoms with E-state index in [9.17, 15) is 0 Å². The lowest BCUT2D eigenvalue weighted by Crippen LogP contribution is -2.33. The molecule has 0 unspecified atom stereocenters. The van der Waals surface area contributed by atoms with Crippen LogP contribution in [-0.4, -0.2) is 36.2 Å². The summed E-state index contributed by atoms with van der Waals surface area (Å²) in [7, 11) is 1.73. The topological polar surface area (TPSA) is 25.4 Å². The molecule has 0 fully saturated rings. The largest absolute Gasteiger partial charge is 0.383 e. The van der Waals surface area contributed by atoms with Crippen molar-refractivity contribution in [1.29, 1.82) is 0 Å². The van der Waals surface area contributed by atoms with Gasteiger partial charge in [0.1, 0.15) is 0 Å². The summed E-state index contributed by atoms with van der Waals surface area (Å²) in [4.78, 5) is 6.73. The molecule has 0 N–H and O–H groups in total. The number of methoxy groups -OCH3 is 1. The van der Waals surface area contributed by atoms with Crippen molar-refractivity contribution in [2.24, 2.45) is 0 Å². The van der Waals surface area contributed by atoms with Gasteiger partial charge in [0.25, 0.3) is 0 Å². The predicted molar refractivity (Wildman–Crippen MR) is 69.4 cm³/mol. The third kappa shape index (κ3) is 4.60. The molecule has 0 saturated heterocycles. The van der Waals surface area contributed by atoms with Gasteiger partial charge >= 0.3 is 0 Å². The Morgan fingerprint density at radius 2 is 2.19 bits per heavy atom. The van der Waals surface area contributed by atoms with Gasteiger partial charge in [-0.2, -0.15) is 0 Å². The third-order valence-corrected chi connectivity index (χ3v) is 2.94. The summed E-state index contributed by atoms with van der Waals surface area (Å²) in [5.41, 5.74) is 1.09. The molecule has 0 aromatic carbocycles. The molecule has 0 amide bonds. The lowest BCUT2D eigenvalue weighted by Gasteiger charge is -2.25. The first-order valence-corrected chi connectivity index (χ1v) is 6.26. The van der Waals surface area contributed by atoms with E-state index < -0.39 is 0 Å². The molecule has 16 heavy (non-hydrogen) atoms. The molecular weight excluding hydrogens is 268 g/mol. The Bertz CT molecular complexity index is 300. The number of hydrogen-bond donors (Lipinski definition) is 0. The molecule has 0 radical (unpaired) electrons. The molecule has 0 spiro atoms. The molecule has 0 aliphatic rings. The van der Waals surface area contributed by atoms with Crippen LogP contribution >= 0.6 is 15.9 Å². The lowest BCUT2D eigenvalue weighted by molar-refractivity contribution is 0.124. The second-order valence-electron chi connectivity index (χ2n) is 4.02. The van der Waals surface area contributed by atoms with Gasteiger partial charge in [-0.3, -0.25) is 9.88 Å². The maximum atomic E-state index is 5.11. The zero-order valence-electron chi connectivity index (χ0n) is 10.1. The van der Waals surface area contributed by atoms with E-state index in [4.69, 9.17) is 4.74 Å². The monoisotopic (exact) mass is 286 g/mol. The first kappa shape index (κ1) is 13.6. The zero-order valence-corrected chi connectivity index (χ0v) is 11.7. The highest BCUT2D eigenvalue weighted by Gasteiger charge is 2.10. The highest BCUT2D eigenvalue weighted by Crippen LogP contribution is 2.10.